The van der Waals surface area contributed by atoms with E-state index in [-0.39, 0.29) is 11.7 Å². The van der Waals surface area contributed by atoms with Gasteiger partial charge in [-0.1, -0.05) is 24.3 Å². The fraction of sp³-hybridized carbons (Fsp3) is 0.240. The summed E-state index contributed by atoms with van der Waals surface area (Å²) >= 11 is 0. The van der Waals surface area contributed by atoms with Crippen molar-refractivity contribution in [3.63, 3.8) is 0 Å². The van der Waals surface area contributed by atoms with Crippen LogP contribution in [0.25, 0.3) is 33.7 Å². The Morgan fingerprint density at radius 2 is 1.60 bits per heavy atom. The molecule has 0 aliphatic carbocycles. The van der Waals surface area contributed by atoms with Crippen LogP contribution in [-0.2, 0) is 0 Å². The molecule has 180 valence electrons. The van der Waals surface area contributed by atoms with Crippen LogP contribution < -0.4 is 4.74 Å². The number of alkyl halides is 3. The van der Waals surface area contributed by atoms with Crippen LogP contribution in [-0.4, -0.2) is 70.2 Å². The highest BCUT2D eigenvalue weighted by Crippen LogP contribution is 2.31. The Balaban J connectivity index is 1.39. The number of pyridine rings is 1. The van der Waals surface area contributed by atoms with E-state index in [9.17, 15) is 18.0 Å². The van der Waals surface area contributed by atoms with E-state index < -0.39 is 6.36 Å². The third-order valence-electron chi connectivity index (χ3n) is 5.99. The average molecular weight is 481 g/mol. The molecule has 2 aromatic carbocycles. The van der Waals surface area contributed by atoms with Gasteiger partial charge >= 0.3 is 6.36 Å². The van der Waals surface area contributed by atoms with Gasteiger partial charge in [0, 0.05) is 49.1 Å². The number of benzene rings is 2. The fourth-order valence-corrected chi connectivity index (χ4v) is 4.09. The van der Waals surface area contributed by atoms with Gasteiger partial charge in [-0.2, -0.15) is 0 Å². The van der Waals surface area contributed by atoms with E-state index in [1.807, 2.05) is 24.1 Å². The van der Waals surface area contributed by atoms with Gasteiger partial charge < -0.3 is 19.5 Å². The maximum atomic E-state index is 12.8. The highest BCUT2D eigenvalue weighted by molar-refractivity contribution is 5.95. The third-order valence-corrected chi connectivity index (χ3v) is 5.99. The van der Waals surface area contributed by atoms with Gasteiger partial charge in [-0.3, -0.25) is 4.79 Å². The van der Waals surface area contributed by atoms with Crippen molar-refractivity contribution in [2.24, 2.45) is 0 Å². The molecule has 7 nitrogen and oxygen atoms in total. The summed E-state index contributed by atoms with van der Waals surface area (Å²) in [6.45, 7) is 3.13. The molecular weight excluding hydrogens is 459 g/mol. The number of halogens is 3. The Hall–Kier alpha value is -3.92. The number of hydrogen-bond acceptors (Lipinski definition) is 5. The van der Waals surface area contributed by atoms with E-state index in [1.165, 1.54) is 12.1 Å². The van der Waals surface area contributed by atoms with Crippen molar-refractivity contribution in [3.05, 3.63) is 66.4 Å². The first-order valence-corrected chi connectivity index (χ1v) is 11.1. The van der Waals surface area contributed by atoms with Gasteiger partial charge in [-0.15, -0.1) is 13.2 Å². The zero-order valence-corrected chi connectivity index (χ0v) is 18.8. The topological polar surface area (TPSA) is 74.3 Å². The minimum absolute atomic E-state index is 0.0103. The molecule has 0 spiro atoms. The fourth-order valence-electron chi connectivity index (χ4n) is 4.09. The van der Waals surface area contributed by atoms with Gasteiger partial charge in [0.1, 0.15) is 11.6 Å². The molecule has 1 amide bonds. The van der Waals surface area contributed by atoms with Crippen molar-refractivity contribution < 1.29 is 22.7 Å². The summed E-state index contributed by atoms with van der Waals surface area (Å²) in [5, 5.41) is 0. The number of aromatic nitrogens is 3. The van der Waals surface area contributed by atoms with Gasteiger partial charge in [0.25, 0.3) is 5.91 Å². The number of carbonyl (C=O) groups is 1. The first kappa shape index (κ1) is 22.9. The predicted molar refractivity (Wildman–Crippen MR) is 125 cm³/mol. The van der Waals surface area contributed by atoms with Crippen molar-refractivity contribution in [3.8, 4) is 28.3 Å². The maximum Gasteiger partial charge on any atom is 0.573 e. The molecule has 2 aromatic heterocycles. The van der Waals surface area contributed by atoms with E-state index >= 15 is 0 Å². The minimum atomic E-state index is -4.74. The molecule has 1 fully saturated rings. The van der Waals surface area contributed by atoms with Gasteiger partial charge in [-0.25, -0.2) is 9.97 Å². The van der Waals surface area contributed by atoms with Crippen LogP contribution in [0.3, 0.4) is 0 Å². The second-order valence-corrected chi connectivity index (χ2v) is 8.39. The Kier molecular flexibility index (Phi) is 5.89. The van der Waals surface area contributed by atoms with Crippen molar-refractivity contribution in [1.29, 1.82) is 0 Å². The zero-order valence-electron chi connectivity index (χ0n) is 18.8. The molecule has 5 rings (SSSR count). The molecule has 1 aliphatic heterocycles. The Morgan fingerprint density at radius 1 is 0.943 bits per heavy atom. The summed E-state index contributed by atoms with van der Waals surface area (Å²) in [4.78, 5) is 29.0. The van der Waals surface area contributed by atoms with Gasteiger partial charge in [-0.05, 0) is 42.9 Å². The molecule has 0 saturated carbocycles. The number of carbonyl (C=O) groups excluding carboxylic acids is 1. The standard InChI is InChI=1S/C25H22F3N5O2/c1-32-12-14-33(15-13-32)24(34)18-4-2-17(3-5-18)22-30-21-20(10-11-29-23(21)31-22)16-6-8-19(9-7-16)35-25(26,27)28/h2-11H,12-15H2,1H3,(H,29,30,31). The second-order valence-electron chi connectivity index (χ2n) is 8.39. The summed E-state index contributed by atoms with van der Waals surface area (Å²) in [7, 11) is 2.04. The second kappa shape index (κ2) is 9.03. The van der Waals surface area contributed by atoms with Crippen molar-refractivity contribution in [2.45, 2.75) is 6.36 Å². The molecular formula is C25H22F3N5O2. The number of ether oxygens (including phenoxy) is 1. The SMILES string of the molecule is CN1CCN(C(=O)c2ccc(-c3nc4nccc(-c5ccc(OC(F)(F)F)cc5)c4[nH]3)cc2)CC1. The lowest BCUT2D eigenvalue weighted by molar-refractivity contribution is -0.274. The van der Waals surface area contributed by atoms with Crippen LogP contribution in [0, 0.1) is 0 Å². The zero-order chi connectivity index (χ0) is 24.6. The molecule has 1 N–H and O–H groups in total. The molecule has 0 unspecified atom stereocenters. The number of hydrogen-bond donors (Lipinski definition) is 1. The summed E-state index contributed by atoms with van der Waals surface area (Å²) in [6, 6.07) is 14.7. The summed E-state index contributed by atoms with van der Waals surface area (Å²) in [5.74, 6) is 0.301. The van der Waals surface area contributed by atoms with E-state index in [4.69, 9.17) is 0 Å². The highest BCUT2D eigenvalue weighted by Gasteiger charge is 2.31. The van der Waals surface area contributed by atoms with Crippen LogP contribution in [0.2, 0.25) is 0 Å². The molecule has 4 aromatic rings. The monoisotopic (exact) mass is 481 g/mol. The number of fused-ring (bicyclic) bond motifs is 1. The lowest BCUT2D eigenvalue weighted by Gasteiger charge is -2.32. The van der Waals surface area contributed by atoms with E-state index in [0.29, 0.717) is 41.2 Å². The first-order valence-electron chi connectivity index (χ1n) is 11.1. The summed E-state index contributed by atoms with van der Waals surface area (Å²) in [6.07, 6.45) is -3.14. The Labute approximate surface area is 199 Å². The molecule has 1 aliphatic rings. The smallest absolute Gasteiger partial charge is 0.406 e. The third kappa shape index (κ3) is 4.97. The number of H-pyrrole nitrogens is 1. The van der Waals surface area contributed by atoms with Crippen LogP contribution in [0.4, 0.5) is 13.2 Å². The number of amides is 1. The van der Waals surface area contributed by atoms with Gasteiger partial charge in [0.15, 0.2) is 5.65 Å². The van der Waals surface area contributed by atoms with E-state index in [0.717, 1.165) is 24.2 Å². The number of rotatable bonds is 4. The summed E-state index contributed by atoms with van der Waals surface area (Å²) < 4.78 is 41.3. The number of imidazole rings is 1. The predicted octanol–water partition coefficient (Wildman–Crippen LogP) is 4.58. The molecule has 1 saturated heterocycles. The Morgan fingerprint density at radius 3 is 2.26 bits per heavy atom. The molecule has 0 radical (unpaired) electrons. The molecule has 0 bridgehead atoms. The number of piperazine rings is 1. The van der Waals surface area contributed by atoms with Gasteiger partial charge in [0.05, 0.1) is 5.52 Å². The molecule has 0 atom stereocenters. The molecule has 35 heavy (non-hydrogen) atoms. The Bertz CT molecular complexity index is 1340. The highest BCUT2D eigenvalue weighted by atomic mass is 19.4. The molecule has 3 heterocycles. The quantitative estimate of drug-likeness (QED) is 0.462. The van der Waals surface area contributed by atoms with Crippen molar-refractivity contribution >= 4 is 17.1 Å². The number of nitrogens with one attached hydrogen (secondary N) is 1. The number of aromatic amines is 1. The van der Waals surface area contributed by atoms with Crippen LogP contribution >= 0.6 is 0 Å². The lowest BCUT2D eigenvalue weighted by Crippen LogP contribution is -2.47. The van der Waals surface area contributed by atoms with Crippen LogP contribution in [0.1, 0.15) is 10.4 Å². The molecule has 10 heteroatoms. The minimum Gasteiger partial charge on any atom is -0.406 e. The van der Waals surface area contributed by atoms with Gasteiger partial charge in [0.2, 0.25) is 0 Å². The first-order chi connectivity index (χ1) is 16.8. The average Bonchev–Trinajstić information content (AvgIpc) is 3.28. The summed E-state index contributed by atoms with van der Waals surface area (Å²) in [5.41, 5.74) is 3.98. The largest absolute Gasteiger partial charge is 0.573 e. The number of likely N-dealkylation sites (N-methyl/N-ethyl adjacent to an activating group) is 1. The van der Waals surface area contributed by atoms with E-state index in [1.54, 1.807) is 36.5 Å². The van der Waals surface area contributed by atoms with Crippen molar-refractivity contribution in [1.82, 2.24) is 24.8 Å². The number of nitrogens with zero attached hydrogens (tertiary/aromatic N) is 4. The van der Waals surface area contributed by atoms with Crippen LogP contribution in [0.15, 0.2) is 60.8 Å². The van der Waals surface area contributed by atoms with Crippen LogP contribution in [0.5, 0.6) is 5.75 Å². The van der Waals surface area contributed by atoms with Crippen molar-refractivity contribution in [2.75, 3.05) is 33.2 Å². The lowest BCUT2D eigenvalue weighted by atomic mass is 10.1. The maximum absolute atomic E-state index is 12.8. The normalized spacial score (nSPS) is 14.9. The van der Waals surface area contributed by atoms with E-state index in [2.05, 4.69) is 24.6 Å².